The van der Waals surface area contributed by atoms with Crippen LogP contribution in [0.5, 0.6) is 5.88 Å². The third-order valence-electron chi connectivity index (χ3n) is 1.23. The van der Waals surface area contributed by atoms with Crippen molar-refractivity contribution in [3.63, 3.8) is 0 Å². The van der Waals surface area contributed by atoms with Crippen LogP contribution in [0.4, 0.5) is 0 Å². The molecule has 1 N–H and O–H groups in total. The van der Waals surface area contributed by atoms with Gasteiger partial charge in [0.15, 0.2) is 5.82 Å². The Hall–Kier alpha value is -1.16. The Bertz CT molecular complexity index is 238. The predicted octanol–water partition coefficient (Wildman–Crippen LogP) is 0.538. The van der Waals surface area contributed by atoms with Gasteiger partial charge >= 0.3 is 0 Å². The van der Waals surface area contributed by atoms with E-state index in [1.807, 2.05) is 0 Å². The van der Waals surface area contributed by atoms with Gasteiger partial charge in [-0.05, 0) is 6.92 Å². The van der Waals surface area contributed by atoms with E-state index < -0.39 is 6.10 Å². The van der Waals surface area contributed by atoms with E-state index in [1.54, 1.807) is 19.2 Å². The molecule has 60 valence electrons. The molecule has 0 fully saturated rings. The van der Waals surface area contributed by atoms with E-state index in [2.05, 4.69) is 9.97 Å². The van der Waals surface area contributed by atoms with Gasteiger partial charge in [-0.2, -0.15) is 4.98 Å². The Morgan fingerprint density at radius 2 is 2.36 bits per heavy atom. The van der Waals surface area contributed by atoms with Gasteiger partial charge < -0.3 is 9.84 Å². The number of aromatic nitrogens is 2. The third-order valence-corrected chi connectivity index (χ3v) is 1.23. The molecule has 0 spiro atoms. The van der Waals surface area contributed by atoms with Crippen LogP contribution in [-0.4, -0.2) is 22.2 Å². The minimum absolute atomic E-state index is 0.379. The van der Waals surface area contributed by atoms with E-state index in [9.17, 15) is 0 Å². The minimum atomic E-state index is -0.648. The second kappa shape index (κ2) is 3.30. The van der Waals surface area contributed by atoms with Crippen molar-refractivity contribution in [2.75, 3.05) is 7.11 Å². The summed E-state index contributed by atoms with van der Waals surface area (Å²) in [6.45, 7) is 1.61. The molecule has 1 heterocycles. The first-order valence-electron chi connectivity index (χ1n) is 3.29. The van der Waals surface area contributed by atoms with Crippen LogP contribution >= 0.6 is 0 Å². The van der Waals surface area contributed by atoms with Gasteiger partial charge in [0.25, 0.3) is 0 Å². The Morgan fingerprint density at radius 1 is 1.64 bits per heavy atom. The Labute approximate surface area is 64.9 Å². The summed E-state index contributed by atoms with van der Waals surface area (Å²) < 4.78 is 4.84. The number of methoxy groups -OCH3 is 1. The first-order chi connectivity index (χ1) is 5.24. The SMILES string of the molecule is COc1ccnc(C(C)O)n1. The predicted molar refractivity (Wildman–Crippen MR) is 39.2 cm³/mol. The lowest BCUT2D eigenvalue weighted by Crippen LogP contribution is -2.00. The summed E-state index contributed by atoms with van der Waals surface area (Å²) in [5.41, 5.74) is 0. The second-order valence-corrected chi connectivity index (χ2v) is 2.13. The van der Waals surface area contributed by atoms with Gasteiger partial charge in [-0.25, -0.2) is 4.98 Å². The standard InChI is InChI=1S/C7H10N2O2/c1-5(10)7-8-4-3-6(9-7)11-2/h3-5,10H,1-2H3. The average molecular weight is 154 g/mol. The third kappa shape index (κ3) is 1.88. The molecule has 0 aliphatic rings. The maximum Gasteiger partial charge on any atom is 0.216 e. The number of hydrogen-bond donors (Lipinski definition) is 1. The number of rotatable bonds is 2. The topological polar surface area (TPSA) is 55.2 Å². The fourth-order valence-corrected chi connectivity index (χ4v) is 0.671. The van der Waals surface area contributed by atoms with Crippen LogP contribution in [0, 0.1) is 0 Å². The van der Waals surface area contributed by atoms with Gasteiger partial charge in [-0.3, -0.25) is 0 Å². The van der Waals surface area contributed by atoms with Crippen molar-refractivity contribution >= 4 is 0 Å². The van der Waals surface area contributed by atoms with Crippen LogP contribution in [0.25, 0.3) is 0 Å². The highest BCUT2D eigenvalue weighted by Crippen LogP contribution is 2.09. The molecule has 1 atom stereocenters. The van der Waals surface area contributed by atoms with E-state index >= 15 is 0 Å². The van der Waals surface area contributed by atoms with Gasteiger partial charge in [0.2, 0.25) is 5.88 Å². The molecule has 0 saturated carbocycles. The number of hydrogen-bond acceptors (Lipinski definition) is 4. The first kappa shape index (κ1) is 7.94. The molecule has 1 aromatic rings. The van der Waals surface area contributed by atoms with Crippen LogP contribution in [-0.2, 0) is 0 Å². The highest BCUT2D eigenvalue weighted by Gasteiger charge is 2.03. The molecule has 0 saturated heterocycles. The smallest absolute Gasteiger partial charge is 0.216 e. The molecule has 4 nitrogen and oxygen atoms in total. The van der Waals surface area contributed by atoms with Crippen LogP contribution in [0.2, 0.25) is 0 Å². The van der Waals surface area contributed by atoms with Gasteiger partial charge in [0.1, 0.15) is 6.10 Å². The first-order valence-corrected chi connectivity index (χ1v) is 3.29. The van der Waals surface area contributed by atoms with Crippen LogP contribution < -0.4 is 4.74 Å². The fraction of sp³-hybridized carbons (Fsp3) is 0.429. The zero-order valence-corrected chi connectivity index (χ0v) is 6.48. The second-order valence-electron chi connectivity index (χ2n) is 2.13. The summed E-state index contributed by atoms with van der Waals surface area (Å²) in [6.07, 6.45) is 0.901. The maximum absolute atomic E-state index is 9.06. The lowest BCUT2D eigenvalue weighted by atomic mass is 10.4. The summed E-state index contributed by atoms with van der Waals surface area (Å²) in [4.78, 5) is 7.75. The summed E-state index contributed by atoms with van der Waals surface area (Å²) in [5.74, 6) is 0.847. The number of aliphatic hydroxyl groups is 1. The number of nitrogens with zero attached hydrogens (tertiary/aromatic N) is 2. The zero-order valence-electron chi connectivity index (χ0n) is 6.48. The largest absolute Gasteiger partial charge is 0.481 e. The molecule has 0 amide bonds. The highest BCUT2D eigenvalue weighted by atomic mass is 16.5. The Morgan fingerprint density at radius 3 is 2.91 bits per heavy atom. The van der Waals surface area contributed by atoms with Crippen LogP contribution in [0.3, 0.4) is 0 Å². The van der Waals surface area contributed by atoms with E-state index in [-0.39, 0.29) is 0 Å². The molecule has 0 aromatic carbocycles. The van der Waals surface area contributed by atoms with Gasteiger partial charge in [-0.15, -0.1) is 0 Å². The maximum atomic E-state index is 9.06. The Balaban J connectivity index is 2.91. The molecule has 1 aromatic heterocycles. The van der Waals surface area contributed by atoms with Crippen molar-refractivity contribution in [2.45, 2.75) is 13.0 Å². The Kier molecular flexibility index (Phi) is 2.38. The molecule has 0 aliphatic carbocycles. The molecule has 4 heteroatoms. The average Bonchev–Trinajstić information content (AvgIpc) is 2.05. The van der Waals surface area contributed by atoms with Crippen molar-refractivity contribution < 1.29 is 9.84 Å². The fourth-order valence-electron chi connectivity index (χ4n) is 0.671. The van der Waals surface area contributed by atoms with E-state index in [0.29, 0.717) is 11.7 Å². The minimum Gasteiger partial charge on any atom is -0.481 e. The number of ether oxygens (including phenoxy) is 1. The molecule has 1 rings (SSSR count). The molecule has 11 heavy (non-hydrogen) atoms. The van der Waals surface area contributed by atoms with Crippen molar-refractivity contribution in [2.24, 2.45) is 0 Å². The van der Waals surface area contributed by atoms with Gasteiger partial charge in [-0.1, -0.05) is 0 Å². The van der Waals surface area contributed by atoms with Crippen molar-refractivity contribution in [1.29, 1.82) is 0 Å². The highest BCUT2D eigenvalue weighted by molar-refractivity contribution is 5.08. The quantitative estimate of drug-likeness (QED) is 0.675. The lowest BCUT2D eigenvalue weighted by molar-refractivity contribution is 0.187. The summed E-state index contributed by atoms with van der Waals surface area (Å²) in [5, 5.41) is 9.06. The molecule has 1 unspecified atom stereocenters. The molecule has 0 radical (unpaired) electrons. The molecular formula is C7H10N2O2. The lowest BCUT2D eigenvalue weighted by Gasteiger charge is -2.03. The monoisotopic (exact) mass is 154 g/mol. The number of aliphatic hydroxyl groups excluding tert-OH is 1. The van der Waals surface area contributed by atoms with Crippen LogP contribution in [0.15, 0.2) is 12.3 Å². The summed E-state index contributed by atoms with van der Waals surface area (Å²) in [7, 11) is 1.52. The normalized spacial score (nSPS) is 12.6. The van der Waals surface area contributed by atoms with Gasteiger partial charge in [0, 0.05) is 12.3 Å². The van der Waals surface area contributed by atoms with Crippen LogP contribution in [0.1, 0.15) is 18.9 Å². The van der Waals surface area contributed by atoms with Crippen molar-refractivity contribution in [3.8, 4) is 5.88 Å². The summed E-state index contributed by atoms with van der Waals surface area (Å²) >= 11 is 0. The molecule has 0 aliphatic heterocycles. The molecular weight excluding hydrogens is 144 g/mol. The zero-order chi connectivity index (χ0) is 8.27. The van der Waals surface area contributed by atoms with Gasteiger partial charge in [0.05, 0.1) is 7.11 Å². The van der Waals surface area contributed by atoms with E-state index in [1.165, 1.54) is 7.11 Å². The van der Waals surface area contributed by atoms with Crippen molar-refractivity contribution in [1.82, 2.24) is 9.97 Å². The van der Waals surface area contributed by atoms with Crippen molar-refractivity contribution in [3.05, 3.63) is 18.1 Å². The molecule has 0 bridgehead atoms. The summed E-state index contributed by atoms with van der Waals surface area (Å²) in [6, 6.07) is 1.63. The van der Waals surface area contributed by atoms with E-state index in [4.69, 9.17) is 9.84 Å². The van der Waals surface area contributed by atoms with E-state index in [0.717, 1.165) is 0 Å².